The molecule has 2 rings (SSSR count). The Morgan fingerprint density at radius 3 is 2.38 bits per heavy atom. The minimum atomic E-state index is -0.335. The van der Waals surface area contributed by atoms with Crippen molar-refractivity contribution < 1.29 is 9.53 Å². The zero-order valence-corrected chi connectivity index (χ0v) is 14.7. The van der Waals surface area contributed by atoms with Gasteiger partial charge in [-0.15, -0.1) is 0 Å². The number of amides is 1. The lowest BCUT2D eigenvalue weighted by Gasteiger charge is -2.21. The van der Waals surface area contributed by atoms with E-state index in [0.29, 0.717) is 11.6 Å². The van der Waals surface area contributed by atoms with E-state index in [2.05, 4.69) is 5.32 Å². The topological polar surface area (TPSA) is 64.4 Å². The normalized spacial score (nSPS) is 14.5. The van der Waals surface area contributed by atoms with Gasteiger partial charge >= 0.3 is 0 Å². The molecule has 0 aromatic heterocycles. The standard InChI is InChI=1S/C19H23ClN2O2/c1-13(24-17-10-8-16(20)9-11-17)12-22-19(23)14(2)18(21)15-6-4-3-5-7-15/h3-11,13-14,18H,12,21H2,1-2H3,(H,22,23). The number of hydrogen-bond donors (Lipinski definition) is 2. The molecule has 5 heteroatoms. The molecule has 3 atom stereocenters. The minimum absolute atomic E-state index is 0.0853. The summed E-state index contributed by atoms with van der Waals surface area (Å²) in [5.74, 6) is 0.309. The van der Waals surface area contributed by atoms with Gasteiger partial charge in [0.15, 0.2) is 0 Å². The van der Waals surface area contributed by atoms with E-state index >= 15 is 0 Å². The van der Waals surface area contributed by atoms with Crippen LogP contribution >= 0.6 is 11.6 Å². The van der Waals surface area contributed by atoms with Gasteiger partial charge in [0.25, 0.3) is 0 Å². The molecule has 3 N–H and O–H groups in total. The quantitative estimate of drug-likeness (QED) is 0.805. The van der Waals surface area contributed by atoms with Crippen LogP contribution in [-0.4, -0.2) is 18.6 Å². The van der Waals surface area contributed by atoms with E-state index in [1.807, 2.05) is 44.2 Å². The molecule has 2 aromatic carbocycles. The molecule has 128 valence electrons. The molecular weight excluding hydrogens is 324 g/mol. The van der Waals surface area contributed by atoms with Gasteiger partial charge in [0.1, 0.15) is 11.9 Å². The van der Waals surface area contributed by atoms with Crippen LogP contribution in [0.4, 0.5) is 0 Å². The van der Waals surface area contributed by atoms with Gasteiger partial charge in [-0.1, -0.05) is 48.9 Å². The fraction of sp³-hybridized carbons (Fsp3) is 0.316. The summed E-state index contributed by atoms with van der Waals surface area (Å²) < 4.78 is 5.74. The van der Waals surface area contributed by atoms with E-state index in [-0.39, 0.29) is 24.0 Å². The third-order valence-corrected chi connectivity index (χ3v) is 4.10. The number of carbonyl (C=O) groups is 1. The summed E-state index contributed by atoms with van der Waals surface area (Å²) in [5.41, 5.74) is 7.13. The average Bonchev–Trinajstić information content (AvgIpc) is 2.61. The summed E-state index contributed by atoms with van der Waals surface area (Å²) in [6.07, 6.45) is -0.157. The molecule has 24 heavy (non-hydrogen) atoms. The van der Waals surface area contributed by atoms with Gasteiger partial charge in [0, 0.05) is 11.1 Å². The second-order valence-electron chi connectivity index (χ2n) is 5.85. The largest absolute Gasteiger partial charge is 0.489 e. The number of hydrogen-bond acceptors (Lipinski definition) is 3. The van der Waals surface area contributed by atoms with Crippen molar-refractivity contribution >= 4 is 17.5 Å². The van der Waals surface area contributed by atoms with Crippen LogP contribution in [-0.2, 0) is 4.79 Å². The molecule has 0 aliphatic carbocycles. The van der Waals surface area contributed by atoms with Gasteiger partial charge in [-0.05, 0) is 36.8 Å². The van der Waals surface area contributed by atoms with Gasteiger partial charge in [-0.3, -0.25) is 4.79 Å². The van der Waals surface area contributed by atoms with Gasteiger partial charge in [-0.25, -0.2) is 0 Å². The number of nitrogens with two attached hydrogens (primary N) is 1. The highest BCUT2D eigenvalue weighted by molar-refractivity contribution is 6.30. The average molecular weight is 347 g/mol. The highest BCUT2D eigenvalue weighted by Crippen LogP contribution is 2.19. The molecule has 0 aliphatic heterocycles. The SMILES string of the molecule is CC(CNC(=O)C(C)C(N)c1ccccc1)Oc1ccc(Cl)cc1. The smallest absolute Gasteiger partial charge is 0.224 e. The predicted molar refractivity (Wildman–Crippen MR) is 97.1 cm³/mol. The Hall–Kier alpha value is -2.04. The van der Waals surface area contributed by atoms with Crippen LogP contribution in [0, 0.1) is 5.92 Å². The van der Waals surface area contributed by atoms with E-state index in [9.17, 15) is 4.79 Å². The molecule has 0 spiro atoms. The van der Waals surface area contributed by atoms with Gasteiger partial charge in [-0.2, -0.15) is 0 Å². The Kier molecular flexibility index (Phi) is 6.64. The highest BCUT2D eigenvalue weighted by atomic mass is 35.5. The molecule has 0 saturated heterocycles. The molecule has 0 radical (unpaired) electrons. The second-order valence-corrected chi connectivity index (χ2v) is 6.29. The Bertz CT molecular complexity index is 646. The number of benzene rings is 2. The van der Waals surface area contributed by atoms with E-state index in [4.69, 9.17) is 22.1 Å². The first-order valence-corrected chi connectivity index (χ1v) is 8.35. The highest BCUT2D eigenvalue weighted by Gasteiger charge is 2.22. The fourth-order valence-electron chi connectivity index (χ4n) is 2.32. The number of carbonyl (C=O) groups excluding carboxylic acids is 1. The summed E-state index contributed by atoms with van der Waals surface area (Å²) in [4.78, 5) is 12.3. The molecule has 0 saturated carbocycles. The molecule has 0 fully saturated rings. The lowest BCUT2D eigenvalue weighted by Crippen LogP contribution is -2.40. The molecular formula is C19H23ClN2O2. The summed E-state index contributed by atoms with van der Waals surface area (Å²) in [7, 11) is 0. The van der Waals surface area contributed by atoms with Crippen LogP contribution in [0.3, 0.4) is 0 Å². The monoisotopic (exact) mass is 346 g/mol. The summed E-state index contributed by atoms with van der Waals surface area (Å²) in [6, 6.07) is 16.4. The molecule has 1 amide bonds. The molecule has 2 aromatic rings. The predicted octanol–water partition coefficient (Wildman–Crippen LogP) is 3.56. The third-order valence-electron chi connectivity index (χ3n) is 3.85. The van der Waals surface area contributed by atoms with E-state index in [1.165, 1.54) is 0 Å². The van der Waals surface area contributed by atoms with Crippen molar-refractivity contribution in [3.8, 4) is 5.75 Å². The summed E-state index contributed by atoms with van der Waals surface area (Å²) in [6.45, 7) is 4.14. The Morgan fingerprint density at radius 2 is 1.75 bits per heavy atom. The first kappa shape index (κ1) is 18.3. The summed E-state index contributed by atoms with van der Waals surface area (Å²) >= 11 is 5.84. The van der Waals surface area contributed by atoms with Crippen molar-refractivity contribution in [1.29, 1.82) is 0 Å². The Morgan fingerprint density at radius 1 is 1.12 bits per heavy atom. The van der Waals surface area contributed by atoms with Crippen LogP contribution in [0.25, 0.3) is 0 Å². The van der Waals surface area contributed by atoms with Crippen molar-refractivity contribution in [3.63, 3.8) is 0 Å². The van der Waals surface area contributed by atoms with Gasteiger partial charge in [0.2, 0.25) is 5.91 Å². The third kappa shape index (κ3) is 5.25. The molecule has 0 aliphatic rings. The van der Waals surface area contributed by atoms with Crippen LogP contribution in [0.5, 0.6) is 5.75 Å². The number of rotatable bonds is 7. The zero-order chi connectivity index (χ0) is 17.5. The van der Waals surface area contributed by atoms with E-state index < -0.39 is 0 Å². The van der Waals surface area contributed by atoms with Crippen molar-refractivity contribution in [2.45, 2.75) is 26.0 Å². The number of ether oxygens (including phenoxy) is 1. The van der Waals surface area contributed by atoms with Crippen LogP contribution in [0.15, 0.2) is 54.6 Å². The lowest BCUT2D eigenvalue weighted by atomic mass is 9.94. The van der Waals surface area contributed by atoms with Crippen LogP contribution in [0.1, 0.15) is 25.5 Å². The molecule has 3 unspecified atom stereocenters. The molecule has 0 bridgehead atoms. The van der Waals surface area contributed by atoms with Gasteiger partial charge < -0.3 is 15.8 Å². The van der Waals surface area contributed by atoms with Crippen molar-refractivity contribution in [3.05, 3.63) is 65.2 Å². The minimum Gasteiger partial charge on any atom is -0.489 e. The lowest BCUT2D eigenvalue weighted by molar-refractivity contribution is -0.125. The fourth-order valence-corrected chi connectivity index (χ4v) is 2.45. The Balaban J connectivity index is 1.82. The van der Waals surface area contributed by atoms with Crippen LogP contribution < -0.4 is 15.8 Å². The summed E-state index contributed by atoms with van der Waals surface area (Å²) in [5, 5.41) is 3.55. The first-order chi connectivity index (χ1) is 11.5. The second kappa shape index (κ2) is 8.71. The maximum absolute atomic E-state index is 12.3. The van der Waals surface area contributed by atoms with Crippen molar-refractivity contribution in [1.82, 2.24) is 5.32 Å². The van der Waals surface area contributed by atoms with Crippen molar-refractivity contribution in [2.75, 3.05) is 6.54 Å². The molecule has 0 heterocycles. The molecule has 4 nitrogen and oxygen atoms in total. The zero-order valence-electron chi connectivity index (χ0n) is 13.9. The van der Waals surface area contributed by atoms with Gasteiger partial charge in [0.05, 0.1) is 12.5 Å². The number of nitrogens with one attached hydrogen (secondary N) is 1. The Labute approximate surface area is 148 Å². The van der Waals surface area contributed by atoms with Crippen LogP contribution in [0.2, 0.25) is 5.02 Å². The van der Waals surface area contributed by atoms with E-state index in [1.54, 1.807) is 24.3 Å². The van der Waals surface area contributed by atoms with Crippen molar-refractivity contribution in [2.24, 2.45) is 11.7 Å². The number of halogens is 1. The maximum Gasteiger partial charge on any atom is 0.224 e. The maximum atomic E-state index is 12.3. The first-order valence-electron chi connectivity index (χ1n) is 7.98. The van der Waals surface area contributed by atoms with E-state index in [0.717, 1.165) is 11.3 Å².